The number of hydrogen-bond acceptors (Lipinski definition) is 3. The van der Waals surface area contributed by atoms with Gasteiger partial charge < -0.3 is 4.74 Å². The Hall–Kier alpha value is -4.18. The minimum absolute atomic E-state index is 0.815. The van der Waals surface area contributed by atoms with Crippen molar-refractivity contribution in [2.24, 2.45) is 4.99 Å². The summed E-state index contributed by atoms with van der Waals surface area (Å²) >= 11 is 0. The number of ether oxygens (including phenoxy) is 1. The van der Waals surface area contributed by atoms with Crippen molar-refractivity contribution < 1.29 is 4.74 Å². The number of hydrogen-bond donors (Lipinski definition) is 0. The van der Waals surface area contributed by atoms with Gasteiger partial charge in [-0.05, 0) is 30.3 Å². The van der Waals surface area contributed by atoms with Crippen LogP contribution in [0.3, 0.4) is 0 Å². The third-order valence-electron chi connectivity index (χ3n) is 5.14. The van der Waals surface area contributed by atoms with E-state index >= 15 is 0 Å². The van der Waals surface area contributed by atoms with Gasteiger partial charge in [0.1, 0.15) is 5.75 Å². The van der Waals surface area contributed by atoms with Gasteiger partial charge >= 0.3 is 0 Å². The predicted molar refractivity (Wildman–Crippen MR) is 125 cm³/mol. The van der Waals surface area contributed by atoms with Gasteiger partial charge in [0.15, 0.2) is 0 Å². The first kappa shape index (κ1) is 18.8. The van der Waals surface area contributed by atoms with Crippen LogP contribution in [0.5, 0.6) is 5.75 Å². The maximum absolute atomic E-state index is 5.35. The quantitative estimate of drug-likeness (QED) is 0.329. The number of rotatable bonds is 5. The Morgan fingerprint density at radius 3 is 2.16 bits per heavy atom. The van der Waals surface area contributed by atoms with E-state index in [4.69, 9.17) is 14.8 Å². The third-order valence-corrected chi connectivity index (χ3v) is 5.14. The number of aliphatic imine (C=N–C) groups is 1. The summed E-state index contributed by atoms with van der Waals surface area (Å²) < 4.78 is 7.22. The zero-order valence-electron chi connectivity index (χ0n) is 17.1. The molecule has 5 rings (SSSR count). The van der Waals surface area contributed by atoms with E-state index in [1.54, 1.807) is 7.11 Å². The fraction of sp³-hybridized carbons (Fsp3) is 0.0370. The molecule has 0 spiro atoms. The number of benzene rings is 3. The summed E-state index contributed by atoms with van der Waals surface area (Å²) in [5.74, 6) is 0.815. The molecule has 2 heterocycles. The third kappa shape index (κ3) is 3.96. The molecule has 0 aliphatic heterocycles. The summed E-state index contributed by atoms with van der Waals surface area (Å²) in [5.41, 5.74) is 6.85. The Morgan fingerprint density at radius 2 is 1.48 bits per heavy atom. The zero-order valence-corrected chi connectivity index (χ0v) is 17.1. The first-order chi connectivity index (χ1) is 15.3. The van der Waals surface area contributed by atoms with Gasteiger partial charge in [-0.2, -0.15) is 5.10 Å². The van der Waals surface area contributed by atoms with Crippen LogP contribution in [0.25, 0.3) is 16.8 Å². The summed E-state index contributed by atoms with van der Waals surface area (Å²) in [7, 11) is 1.67. The molecule has 0 radical (unpaired) electrons. The Kier molecular flexibility index (Phi) is 5.03. The van der Waals surface area contributed by atoms with Gasteiger partial charge in [-0.15, -0.1) is 0 Å². The van der Waals surface area contributed by atoms with Crippen LogP contribution in [0.1, 0.15) is 11.1 Å². The minimum Gasteiger partial charge on any atom is -0.497 e. The van der Waals surface area contributed by atoms with Crippen LogP contribution in [-0.4, -0.2) is 22.4 Å². The SMILES string of the molecule is COc1cccc(-c2cc3ccc(N=C(c4ccccc4)c4ccccc4)cn3n2)c1. The van der Waals surface area contributed by atoms with E-state index in [1.165, 1.54) is 0 Å². The maximum atomic E-state index is 5.35. The van der Waals surface area contributed by atoms with Gasteiger partial charge in [0.25, 0.3) is 0 Å². The molecule has 0 fully saturated rings. The highest BCUT2D eigenvalue weighted by molar-refractivity contribution is 6.13. The fourth-order valence-electron chi connectivity index (χ4n) is 3.58. The first-order valence-electron chi connectivity index (χ1n) is 10.1. The van der Waals surface area contributed by atoms with Crippen molar-refractivity contribution in [2.75, 3.05) is 7.11 Å². The molecule has 150 valence electrons. The molecule has 0 aliphatic carbocycles. The lowest BCUT2D eigenvalue weighted by molar-refractivity contribution is 0.415. The van der Waals surface area contributed by atoms with E-state index in [0.29, 0.717) is 0 Å². The van der Waals surface area contributed by atoms with Crippen LogP contribution >= 0.6 is 0 Å². The van der Waals surface area contributed by atoms with E-state index in [0.717, 1.165) is 45.0 Å². The number of aromatic nitrogens is 2. The van der Waals surface area contributed by atoms with Crippen LogP contribution in [0.15, 0.2) is 114 Å². The van der Waals surface area contributed by atoms with Gasteiger partial charge in [-0.1, -0.05) is 72.8 Å². The normalized spacial score (nSPS) is 10.7. The van der Waals surface area contributed by atoms with Gasteiger partial charge in [0.2, 0.25) is 0 Å². The minimum atomic E-state index is 0.815. The molecule has 0 N–H and O–H groups in total. The molecule has 4 nitrogen and oxygen atoms in total. The molecular formula is C27H21N3O. The van der Waals surface area contributed by atoms with Gasteiger partial charge in [-0.25, -0.2) is 9.51 Å². The lowest BCUT2D eigenvalue weighted by Gasteiger charge is -2.08. The smallest absolute Gasteiger partial charge is 0.119 e. The Bertz CT molecular complexity index is 1310. The highest BCUT2D eigenvalue weighted by Crippen LogP contribution is 2.25. The number of pyridine rings is 1. The second-order valence-corrected chi connectivity index (χ2v) is 7.21. The highest BCUT2D eigenvalue weighted by Gasteiger charge is 2.09. The lowest BCUT2D eigenvalue weighted by Crippen LogP contribution is -2.02. The van der Waals surface area contributed by atoms with E-state index in [-0.39, 0.29) is 0 Å². The van der Waals surface area contributed by atoms with Crippen molar-refractivity contribution in [2.45, 2.75) is 0 Å². The molecule has 0 saturated carbocycles. The molecular weight excluding hydrogens is 382 g/mol. The van der Waals surface area contributed by atoms with Gasteiger partial charge in [-0.3, -0.25) is 0 Å². The van der Waals surface area contributed by atoms with Crippen molar-refractivity contribution in [1.29, 1.82) is 0 Å². The van der Waals surface area contributed by atoms with Gasteiger partial charge in [0.05, 0.1) is 35.9 Å². The lowest BCUT2D eigenvalue weighted by atomic mass is 10.0. The molecule has 2 aromatic heterocycles. The standard InChI is InChI=1S/C27H21N3O/c1-31-25-14-8-13-22(17-25)26-18-24-16-15-23(19-30(24)29-26)28-27(20-9-4-2-5-10-20)21-11-6-3-7-12-21/h2-19H,1H3. The van der Waals surface area contributed by atoms with E-state index in [9.17, 15) is 0 Å². The summed E-state index contributed by atoms with van der Waals surface area (Å²) in [6.45, 7) is 0. The first-order valence-corrected chi connectivity index (χ1v) is 10.1. The summed E-state index contributed by atoms with van der Waals surface area (Å²) in [5, 5.41) is 4.76. The second-order valence-electron chi connectivity index (χ2n) is 7.21. The largest absolute Gasteiger partial charge is 0.497 e. The molecule has 0 amide bonds. The van der Waals surface area contributed by atoms with Crippen molar-refractivity contribution in [3.63, 3.8) is 0 Å². The van der Waals surface area contributed by atoms with E-state index < -0.39 is 0 Å². The number of nitrogens with zero attached hydrogens (tertiary/aromatic N) is 3. The van der Waals surface area contributed by atoms with Crippen LogP contribution in [0, 0.1) is 0 Å². The van der Waals surface area contributed by atoms with E-state index in [1.807, 2.05) is 83.5 Å². The Labute approximate surface area is 181 Å². The molecule has 0 unspecified atom stereocenters. The summed E-state index contributed by atoms with van der Waals surface area (Å²) in [6.07, 6.45) is 1.96. The van der Waals surface area contributed by atoms with Crippen molar-refractivity contribution in [3.8, 4) is 17.0 Å². The van der Waals surface area contributed by atoms with Crippen LogP contribution in [0.2, 0.25) is 0 Å². The van der Waals surface area contributed by atoms with Crippen molar-refractivity contribution >= 4 is 16.9 Å². The zero-order chi connectivity index (χ0) is 21.0. The van der Waals surface area contributed by atoms with Crippen molar-refractivity contribution in [3.05, 3.63) is 120 Å². The molecule has 0 bridgehead atoms. The molecule has 3 aromatic carbocycles. The molecule has 31 heavy (non-hydrogen) atoms. The molecule has 0 saturated heterocycles. The highest BCUT2D eigenvalue weighted by atomic mass is 16.5. The Balaban J connectivity index is 1.58. The summed E-state index contributed by atoms with van der Waals surface area (Å²) in [4.78, 5) is 4.99. The molecule has 0 aliphatic rings. The average molecular weight is 403 g/mol. The fourth-order valence-corrected chi connectivity index (χ4v) is 3.58. The second kappa shape index (κ2) is 8.28. The van der Waals surface area contributed by atoms with Crippen LogP contribution < -0.4 is 4.74 Å². The van der Waals surface area contributed by atoms with Crippen LogP contribution in [0.4, 0.5) is 5.69 Å². The number of methoxy groups -OCH3 is 1. The molecule has 5 aromatic rings. The van der Waals surface area contributed by atoms with Crippen molar-refractivity contribution in [1.82, 2.24) is 9.61 Å². The van der Waals surface area contributed by atoms with Gasteiger partial charge in [0, 0.05) is 16.7 Å². The molecule has 0 atom stereocenters. The number of fused-ring (bicyclic) bond motifs is 1. The topological polar surface area (TPSA) is 38.9 Å². The van der Waals surface area contributed by atoms with E-state index in [2.05, 4.69) is 30.3 Å². The van der Waals surface area contributed by atoms with Crippen LogP contribution in [-0.2, 0) is 0 Å². The monoisotopic (exact) mass is 403 g/mol. The Morgan fingerprint density at radius 1 is 0.774 bits per heavy atom. The maximum Gasteiger partial charge on any atom is 0.119 e. The predicted octanol–water partition coefficient (Wildman–Crippen LogP) is 6.18. The average Bonchev–Trinajstić information content (AvgIpc) is 3.27. The summed E-state index contributed by atoms with van der Waals surface area (Å²) in [6, 6.07) is 34.6. The molecule has 4 heteroatoms.